The number of carbonyl (C=O) groups is 3. The predicted octanol–water partition coefficient (Wildman–Crippen LogP) is 2.07. The summed E-state index contributed by atoms with van der Waals surface area (Å²) >= 11 is 0. The summed E-state index contributed by atoms with van der Waals surface area (Å²) < 4.78 is 18.1. The highest BCUT2D eigenvalue weighted by Gasteiger charge is 2.54. The highest BCUT2D eigenvalue weighted by Crippen LogP contribution is 2.60. The van der Waals surface area contributed by atoms with Crippen LogP contribution in [0.2, 0.25) is 0 Å². The lowest BCUT2D eigenvalue weighted by Gasteiger charge is -2.55. The highest BCUT2D eigenvalue weighted by molar-refractivity contribution is 5.91. The van der Waals surface area contributed by atoms with Gasteiger partial charge in [0, 0.05) is 5.41 Å². The number of hydrogen-bond donors (Lipinski definition) is 3. The van der Waals surface area contributed by atoms with E-state index in [1.807, 2.05) is 0 Å². The van der Waals surface area contributed by atoms with Gasteiger partial charge < -0.3 is 10.1 Å². The summed E-state index contributed by atoms with van der Waals surface area (Å²) in [5, 5.41) is 2.85. The van der Waals surface area contributed by atoms with Crippen LogP contribution in [0.1, 0.15) is 45.4 Å². The number of ether oxygens (including phenoxy) is 1. The zero-order valence-electron chi connectivity index (χ0n) is 17.1. The van der Waals surface area contributed by atoms with Gasteiger partial charge >= 0.3 is 0 Å². The predicted molar refractivity (Wildman–Crippen MR) is 106 cm³/mol. The van der Waals surface area contributed by atoms with Crippen LogP contribution in [0.3, 0.4) is 0 Å². The molecule has 5 rings (SSSR count). The Balaban J connectivity index is 1.21. The molecule has 0 heterocycles. The lowest BCUT2D eigenvalue weighted by atomic mass is 9.49. The average Bonchev–Trinajstić information content (AvgIpc) is 2.70. The topological polar surface area (TPSA) is 96.5 Å². The second-order valence-corrected chi connectivity index (χ2v) is 9.17. The van der Waals surface area contributed by atoms with Crippen molar-refractivity contribution in [1.29, 1.82) is 0 Å². The van der Waals surface area contributed by atoms with Crippen molar-refractivity contribution in [2.24, 2.45) is 23.2 Å². The van der Waals surface area contributed by atoms with Crippen molar-refractivity contribution in [3.05, 3.63) is 30.1 Å². The number of rotatable bonds is 6. The number of halogens is 1. The zero-order chi connectivity index (χ0) is 21.3. The fourth-order valence-electron chi connectivity index (χ4n) is 5.76. The first-order valence-corrected chi connectivity index (χ1v) is 10.6. The van der Waals surface area contributed by atoms with Crippen molar-refractivity contribution in [1.82, 2.24) is 16.2 Å². The minimum atomic E-state index is -0.760. The Hall–Kier alpha value is -2.64. The Kier molecular flexibility index (Phi) is 5.66. The molecule has 0 unspecified atom stereocenters. The summed E-state index contributed by atoms with van der Waals surface area (Å²) in [6, 6.07) is 4.50. The summed E-state index contributed by atoms with van der Waals surface area (Å²) in [5.74, 6) is 0.785. The van der Waals surface area contributed by atoms with Crippen molar-refractivity contribution >= 4 is 17.7 Å². The van der Waals surface area contributed by atoms with Crippen LogP contribution in [0.25, 0.3) is 0 Å². The van der Waals surface area contributed by atoms with E-state index in [0.717, 1.165) is 19.3 Å². The van der Waals surface area contributed by atoms with Crippen LogP contribution in [0.5, 0.6) is 5.75 Å². The molecule has 4 aliphatic rings. The molecule has 0 aromatic heterocycles. The monoisotopic (exact) mass is 417 g/mol. The molecule has 0 spiro atoms. The molecule has 4 bridgehead atoms. The van der Waals surface area contributed by atoms with Gasteiger partial charge in [-0.2, -0.15) is 0 Å². The first-order chi connectivity index (χ1) is 14.3. The van der Waals surface area contributed by atoms with E-state index in [9.17, 15) is 18.8 Å². The molecule has 8 heteroatoms. The Morgan fingerprint density at radius 2 is 1.60 bits per heavy atom. The third kappa shape index (κ3) is 4.42. The second kappa shape index (κ2) is 8.24. The van der Waals surface area contributed by atoms with Crippen LogP contribution in [0.15, 0.2) is 24.3 Å². The maximum Gasteiger partial charge on any atom is 0.276 e. The van der Waals surface area contributed by atoms with E-state index in [1.54, 1.807) is 6.92 Å². The molecule has 1 aromatic rings. The van der Waals surface area contributed by atoms with Crippen molar-refractivity contribution in [2.45, 2.75) is 51.5 Å². The first-order valence-electron chi connectivity index (χ1n) is 10.6. The van der Waals surface area contributed by atoms with Gasteiger partial charge in [-0.15, -0.1) is 0 Å². The highest BCUT2D eigenvalue weighted by atomic mass is 19.1. The van der Waals surface area contributed by atoms with E-state index in [-0.39, 0.29) is 17.9 Å². The number of nitrogens with one attached hydrogen (secondary N) is 3. The molecule has 3 N–H and O–H groups in total. The number of hydrogen-bond acceptors (Lipinski definition) is 4. The molecule has 4 fully saturated rings. The maximum atomic E-state index is 13.0. The molecule has 0 aliphatic heterocycles. The molecule has 0 saturated heterocycles. The molecule has 3 amide bonds. The van der Waals surface area contributed by atoms with Crippen LogP contribution in [-0.4, -0.2) is 30.4 Å². The molecule has 30 heavy (non-hydrogen) atoms. The van der Waals surface area contributed by atoms with E-state index >= 15 is 0 Å². The van der Waals surface area contributed by atoms with Crippen molar-refractivity contribution < 1.29 is 23.5 Å². The minimum Gasteiger partial charge on any atom is -0.484 e. The van der Waals surface area contributed by atoms with E-state index < -0.39 is 23.7 Å². The molecule has 7 nitrogen and oxygen atoms in total. The Labute approximate surface area is 175 Å². The number of hydrazine groups is 1. The number of benzene rings is 1. The van der Waals surface area contributed by atoms with Gasteiger partial charge in [-0.25, -0.2) is 4.39 Å². The number of carbonyl (C=O) groups excluding carboxylic acids is 3. The van der Waals surface area contributed by atoms with Gasteiger partial charge in [-0.05, 0) is 87.5 Å². The minimum absolute atomic E-state index is 0.0322. The fraction of sp³-hybridized carbons (Fsp3) is 0.591. The van der Waals surface area contributed by atoms with Crippen molar-refractivity contribution in [3.8, 4) is 5.75 Å². The van der Waals surface area contributed by atoms with E-state index in [0.29, 0.717) is 23.5 Å². The molecule has 0 radical (unpaired) electrons. The Morgan fingerprint density at radius 3 is 2.17 bits per heavy atom. The van der Waals surface area contributed by atoms with Crippen LogP contribution in [0, 0.1) is 29.0 Å². The van der Waals surface area contributed by atoms with Gasteiger partial charge in [0.2, 0.25) is 5.91 Å². The SMILES string of the molecule is C[C@H](NC(=O)C12CC3CC(CC(C3)C1)C2)C(=O)NNC(=O)COc1ccc(F)cc1. The average molecular weight is 417 g/mol. The van der Waals surface area contributed by atoms with Crippen molar-refractivity contribution in [2.75, 3.05) is 6.61 Å². The van der Waals surface area contributed by atoms with E-state index in [2.05, 4.69) is 16.2 Å². The summed E-state index contributed by atoms with van der Waals surface area (Å²) in [6.07, 6.45) is 6.52. The van der Waals surface area contributed by atoms with E-state index in [1.165, 1.54) is 43.5 Å². The third-order valence-corrected chi connectivity index (χ3v) is 6.77. The quantitative estimate of drug-likeness (QED) is 0.618. The maximum absolute atomic E-state index is 13.0. The molecule has 162 valence electrons. The molecular formula is C22H28FN3O4. The summed E-state index contributed by atoms with van der Waals surface area (Å²) in [6.45, 7) is 1.27. The van der Waals surface area contributed by atoms with Gasteiger partial charge in [0.15, 0.2) is 6.61 Å². The first kappa shape index (κ1) is 20.6. The van der Waals surface area contributed by atoms with Crippen LogP contribution in [0.4, 0.5) is 4.39 Å². The van der Waals surface area contributed by atoms with Gasteiger partial charge in [0.25, 0.3) is 11.8 Å². The van der Waals surface area contributed by atoms with Gasteiger partial charge in [0.1, 0.15) is 17.6 Å². The Morgan fingerprint density at radius 1 is 1.03 bits per heavy atom. The summed E-state index contributed by atoms with van der Waals surface area (Å²) in [7, 11) is 0. The van der Waals surface area contributed by atoms with Crippen LogP contribution >= 0.6 is 0 Å². The zero-order valence-corrected chi connectivity index (χ0v) is 17.1. The second-order valence-electron chi connectivity index (χ2n) is 9.17. The molecule has 4 saturated carbocycles. The van der Waals surface area contributed by atoms with Crippen LogP contribution < -0.4 is 20.9 Å². The fourth-order valence-corrected chi connectivity index (χ4v) is 5.76. The van der Waals surface area contributed by atoms with Gasteiger partial charge in [-0.3, -0.25) is 25.2 Å². The largest absolute Gasteiger partial charge is 0.484 e. The van der Waals surface area contributed by atoms with Crippen LogP contribution in [-0.2, 0) is 14.4 Å². The molecule has 1 atom stereocenters. The smallest absolute Gasteiger partial charge is 0.276 e. The Bertz CT molecular complexity index is 791. The molecular weight excluding hydrogens is 389 g/mol. The summed E-state index contributed by atoms with van der Waals surface area (Å²) in [4.78, 5) is 37.2. The molecule has 1 aromatic carbocycles. The number of amides is 3. The molecule has 4 aliphatic carbocycles. The van der Waals surface area contributed by atoms with Gasteiger partial charge in [-0.1, -0.05) is 0 Å². The third-order valence-electron chi connectivity index (χ3n) is 6.77. The van der Waals surface area contributed by atoms with Gasteiger partial charge in [0.05, 0.1) is 0 Å². The standard InChI is InChI=1S/C22H28FN3O4/c1-13(20(28)26-25-19(27)12-30-18-4-2-17(23)3-5-18)24-21(29)22-9-14-6-15(10-22)8-16(7-14)11-22/h2-5,13-16H,6-12H2,1H3,(H,24,29)(H,25,27)(H,26,28)/t13-,14?,15?,16?,22?/m0/s1. The lowest BCUT2D eigenvalue weighted by molar-refractivity contribution is -0.148. The lowest BCUT2D eigenvalue weighted by Crippen LogP contribution is -2.58. The normalized spacial score (nSPS) is 29.7. The van der Waals surface area contributed by atoms with E-state index in [4.69, 9.17) is 4.74 Å². The summed E-state index contributed by atoms with van der Waals surface area (Å²) in [5.41, 5.74) is 4.25. The van der Waals surface area contributed by atoms with Crippen molar-refractivity contribution in [3.63, 3.8) is 0 Å².